The molecule has 1 aromatic rings. The highest BCUT2D eigenvalue weighted by Crippen LogP contribution is 2.23. The summed E-state index contributed by atoms with van der Waals surface area (Å²) < 4.78 is 10.8. The standard InChI is InChI=1S/C18H31N3O3/c1-5-19-18(20-9-11-24-10-8-14(2)3)21-13-15-12-16(23-4)6-7-17(15)22/h6-7,12,14,22H,5,8-11,13H2,1-4H3,(H2,19,20,21). The molecule has 0 aromatic heterocycles. The van der Waals surface area contributed by atoms with Crippen molar-refractivity contribution < 1.29 is 14.6 Å². The Labute approximate surface area is 145 Å². The minimum Gasteiger partial charge on any atom is -0.508 e. The lowest BCUT2D eigenvalue weighted by Crippen LogP contribution is -2.39. The maximum Gasteiger partial charge on any atom is 0.191 e. The molecule has 136 valence electrons. The van der Waals surface area contributed by atoms with E-state index in [2.05, 4.69) is 29.5 Å². The molecule has 0 aliphatic heterocycles. The predicted molar refractivity (Wildman–Crippen MR) is 97.8 cm³/mol. The van der Waals surface area contributed by atoms with Gasteiger partial charge in [0, 0.05) is 25.3 Å². The zero-order chi connectivity index (χ0) is 17.8. The average Bonchev–Trinajstić information content (AvgIpc) is 2.56. The van der Waals surface area contributed by atoms with Crippen molar-refractivity contribution in [2.24, 2.45) is 10.9 Å². The minimum absolute atomic E-state index is 0.215. The van der Waals surface area contributed by atoms with Gasteiger partial charge in [0.2, 0.25) is 0 Å². The van der Waals surface area contributed by atoms with Gasteiger partial charge in [0.15, 0.2) is 5.96 Å². The summed E-state index contributed by atoms with van der Waals surface area (Å²) in [6.45, 7) is 9.63. The molecule has 3 N–H and O–H groups in total. The molecule has 0 heterocycles. The van der Waals surface area contributed by atoms with E-state index in [0.717, 1.165) is 25.1 Å². The molecule has 1 rings (SSSR count). The summed E-state index contributed by atoms with van der Waals surface area (Å²) >= 11 is 0. The first kappa shape index (κ1) is 20.1. The minimum atomic E-state index is 0.215. The van der Waals surface area contributed by atoms with Crippen LogP contribution in [0.5, 0.6) is 11.5 Å². The van der Waals surface area contributed by atoms with E-state index in [9.17, 15) is 5.11 Å². The van der Waals surface area contributed by atoms with Crippen molar-refractivity contribution in [3.8, 4) is 11.5 Å². The lowest BCUT2D eigenvalue weighted by atomic mass is 10.1. The van der Waals surface area contributed by atoms with E-state index in [1.807, 2.05) is 6.92 Å². The van der Waals surface area contributed by atoms with Gasteiger partial charge in [-0.1, -0.05) is 13.8 Å². The molecule has 0 spiro atoms. The van der Waals surface area contributed by atoms with Crippen molar-refractivity contribution in [3.63, 3.8) is 0 Å². The Hall–Kier alpha value is -1.95. The maximum absolute atomic E-state index is 9.91. The molecule has 0 aliphatic carbocycles. The van der Waals surface area contributed by atoms with E-state index in [0.29, 0.717) is 37.3 Å². The predicted octanol–water partition coefficient (Wildman–Crippen LogP) is 2.52. The molecule has 0 aliphatic rings. The fraction of sp³-hybridized carbons (Fsp3) is 0.611. The molecular weight excluding hydrogens is 306 g/mol. The van der Waals surface area contributed by atoms with Crippen LogP contribution in [0, 0.1) is 5.92 Å². The van der Waals surface area contributed by atoms with Gasteiger partial charge < -0.3 is 25.2 Å². The molecule has 0 saturated heterocycles. The van der Waals surface area contributed by atoms with Gasteiger partial charge in [-0.2, -0.15) is 0 Å². The van der Waals surface area contributed by atoms with Crippen molar-refractivity contribution in [2.45, 2.75) is 33.7 Å². The SMILES string of the molecule is CCNC(=NCc1cc(OC)ccc1O)NCCOCCC(C)C. The Morgan fingerprint density at radius 1 is 1.25 bits per heavy atom. The number of guanidine groups is 1. The third-order valence-corrected chi connectivity index (χ3v) is 3.42. The summed E-state index contributed by atoms with van der Waals surface area (Å²) in [4.78, 5) is 4.49. The number of nitrogens with zero attached hydrogens (tertiary/aromatic N) is 1. The van der Waals surface area contributed by atoms with Gasteiger partial charge in [0.1, 0.15) is 11.5 Å². The van der Waals surface area contributed by atoms with Gasteiger partial charge in [0.25, 0.3) is 0 Å². The van der Waals surface area contributed by atoms with Crippen molar-refractivity contribution in [3.05, 3.63) is 23.8 Å². The van der Waals surface area contributed by atoms with Crippen LogP contribution in [0.25, 0.3) is 0 Å². The van der Waals surface area contributed by atoms with Crippen LogP contribution < -0.4 is 15.4 Å². The Morgan fingerprint density at radius 3 is 2.71 bits per heavy atom. The number of ether oxygens (including phenoxy) is 2. The highest BCUT2D eigenvalue weighted by Gasteiger charge is 2.04. The fourth-order valence-electron chi connectivity index (χ4n) is 1.98. The van der Waals surface area contributed by atoms with Crippen LogP contribution in [0.4, 0.5) is 0 Å². The number of nitrogens with one attached hydrogen (secondary N) is 2. The van der Waals surface area contributed by atoms with E-state index in [1.54, 1.807) is 25.3 Å². The smallest absolute Gasteiger partial charge is 0.191 e. The zero-order valence-electron chi connectivity index (χ0n) is 15.3. The van der Waals surface area contributed by atoms with E-state index in [-0.39, 0.29) is 5.75 Å². The quantitative estimate of drug-likeness (QED) is 0.347. The number of aliphatic imine (C=N–C) groups is 1. The van der Waals surface area contributed by atoms with E-state index < -0.39 is 0 Å². The number of phenolic OH excluding ortho intramolecular Hbond substituents is 1. The third-order valence-electron chi connectivity index (χ3n) is 3.42. The largest absolute Gasteiger partial charge is 0.508 e. The Bertz CT molecular complexity index is 504. The van der Waals surface area contributed by atoms with E-state index >= 15 is 0 Å². The van der Waals surface area contributed by atoms with Crippen LogP contribution in [0.15, 0.2) is 23.2 Å². The van der Waals surface area contributed by atoms with Crippen molar-refractivity contribution >= 4 is 5.96 Å². The molecule has 24 heavy (non-hydrogen) atoms. The van der Waals surface area contributed by atoms with Crippen LogP contribution in [0.1, 0.15) is 32.8 Å². The molecule has 6 nitrogen and oxygen atoms in total. The number of rotatable bonds is 10. The van der Waals surface area contributed by atoms with Gasteiger partial charge in [-0.3, -0.25) is 0 Å². The van der Waals surface area contributed by atoms with Crippen LogP contribution in [-0.4, -0.2) is 44.5 Å². The molecule has 1 aromatic carbocycles. The zero-order valence-corrected chi connectivity index (χ0v) is 15.3. The van der Waals surface area contributed by atoms with Crippen LogP contribution in [0.3, 0.4) is 0 Å². The molecule has 0 bridgehead atoms. The van der Waals surface area contributed by atoms with Gasteiger partial charge in [0.05, 0.1) is 20.3 Å². The summed E-state index contributed by atoms with van der Waals surface area (Å²) in [5, 5.41) is 16.3. The number of hydrogen-bond donors (Lipinski definition) is 3. The second kappa shape index (κ2) is 11.6. The molecule has 0 fully saturated rings. The van der Waals surface area contributed by atoms with Crippen molar-refractivity contribution in [1.82, 2.24) is 10.6 Å². The molecule has 0 saturated carbocycles. The Kier molecular flexibility index (Phi) is 9.68. The number of benzene rings is 1. The molecule has 0 unspecified atom stereocenters. The molecule has 0 atom stereocenters. The van der Waals surface area contributed by atoms with E-state index in [4.69, 9.17) is 9.47 Å². The van der Waals surface area contributed by atoms with Crippen molar-refractivity contribution in [2.75, 3.05) is 33.4 Å². The summed E-state index contributed by atoms with van der Waals surface area (Å²) in [5.41, 5.74) is 0.722. The van der Waals surface area contributed by atoms with Gasteiger partial charge >= 0.3 is 0 Å². The fourth-order valence-corrected chi connectivity index (χ4v) is 1.98. The highest BCUT2D eigenvalue weighted by molar-refractivity contribution is 5.79. The highest BCUT2D eigenvalue weighted by atomic mass is 16.5. The number of phenols is 1. The first-order valence-electron chi connectivity index (χ1n) is 8.52. The second-order valence-electron chi connectivity index (χ2n) is 5.91. The monoisotopic (exact) mass is 337 g/mol. The summed E-state index contributed by atoms with van der Waals surface area (Å²) in [5.74, 6) is 2.28. The Balaban J connectivity index is 2.47. The van der Waals surface area contributed by atoms with Crippen LogP contribution in [0.2, 0.25) is 0 Å². The number of methoxy groups -OCH3 is 1. The average molecular weight is 337 g/mol. The summed E-state index contributed by atoms with van der Waals surface area (Å²) in [6, 6.07) is 5.13. The first-order valence-corrected chi connectivity index (χ1v) is 8.52. The van der Waals surface area contributed by atoms with Gasteiger partial charge in [-0.05, 0) is 37.5 Å². The molecular formula is C18H31N3O3. The lowest BCUT2D eigenvalue weighted by molar-refractivity contribution is 0.128. The normalized spacial score (nSPS) is 11.6. The Morgan fingerprint density at radius 2 is 2.04 bits per heavy atom. The van der Waals surface area contributed by atoms with E-state index in [1.165, 1.54) is 0 Å². The number of hydrogen-bond acceptors (Lipinski definition) is 4. The second-order valence-corrected chi connectivity index (χ2v) is 5.91. The molecule has 0 amide bonds. The summed E-state index contributed by atoms with van der Waals surface area (Å²) in [6.07, 6.45) is 1.07. The van der Waals surface area contributed by atoms with Crippen molar-refractivity contribution in [1.29, 1.82) is 0 Å². The maximum atomic E-state index is 9.91. The van der Waals surface area contributed by atoms with Gasteiger partial charge in [-0.15, -0.1) is 0 Å². The first-order chi connectivity index (χ1) is 11.6. The molecule has 6 heteroatoms. The summed E-state index contributed by atoms with van der Waals surface area (Å²) in [7, 11) is 1.60. The molecule has 0 radical (unpaired) electrons. The topological polar surface area (TPSA) is 75.1 Å². The van der Waals surface area contributed by atoms with Gasteiger partial charge in [-0.25, -0.2) is 4.99 Å². The van der Waals surface area contributed by atoms with Crippen LogP contribution >= 0.6 is 0 Å². The third kappa shape index (κ3) is 8.06. The number of aromatic hydroxyl groups is 1. The lowest BCUT2D eigenvalue weighted by Gasteiger charge is -2.12. The van der Waals surface area contributed by atoms with Crippen LogP contribution in [-0.2, 0) is 11.3 Å².